The Balaban J connectivity index is 1.69. The van der Waals surface area contributed by atoms with Crippen molar-refractivity contribution >= 4 is 17.6 Å². The molecule has 1 heterocycles. The number of H-pyrrole nitrogens is 1. The van der Waals surface area contributed by atoms with Crippen molar-refractivity contribution in [1.82, 2.24) is 10.3 Å². The SMILES string of the molecule is CC(=O)c1cccc(OCC(=O)NC2CCCc3[nH]c(=O)c(C(N)=O)cc32)c1. The lowest BCUT2D eigenvalue weighted by Crippen LogP contribution is -2.36. The van der Waals surface area contributed by atoms with Crippen molar-refractivity contribution < 1.29 is 19.1 Å². The first-order valence-electron chi connectivity index (χ1n) is 8.94. The van der Waals surface area contributed by atoms with Crippen molar-refractivity contribution in [3.8, 4) is 5.75 Å². The van der Waals surface area contributed by atoms with E-state index in [1.165, 1.54) is 13.0 Å². The van der Waals surface area contributed by atoms with Crippen molar-refractivity contribution in [3.63, 3.8) is 0 Å². The molecule has 0 aliphatic heterocycles. The van der Waals surface area contributed by atoms with Gasteiger partial charge in [0.15, 0.2) is 12.4 Å². The zero-order chi connectivity index (χ0) is 20.3. The number of pyridine rings is 1. The third kappa shape index (κ3) is 4.28. The summed E-state index contributed by atoms with van der Waals surface area (Å²) < 4.78 is 5.47. The number of aromatic amines is 1. The largest absolute Gasteiger partial charge is 0.484 e. The van der Waals surface area contributed by atoms with E-state index in [0.29, 0.717) is 35.4 Å². The molecule has 0 saturated carbocycles. The number of aryl methyl sites for hydroxylation is 1. The minimum atomic E-state index is -0.812. The third-order valence-corrected chi connectivity index (χ3v) is 4.66. The highest BCUT2D eigenvalue weighted by Crippen LogP contribution is 2.28. The molecule has 1 aliphatic rings. The Kier molecular flexibility index (Phi) is 5.58. The van der Waals surface area contributed by atoms with Crippen LogP contribution >= 0.6 is 0 Å². The average molecular weight is 383 g/mol. The van der Waals surface area contributed by atoms with Crippen molar-refractivity contribution in [3.05, 3.63) is 63.1 Å². The standard InChI is InChI=1S/C20H21N3O5/c1-11(24)12-4-2-5-13(8-12)28-10-18(25)22-16-6-3-7-17-14(16)9-15(19(21)26)20(27)23-17/h2,4-5,8-9,16H,3,6-7,10H2,1H3,(H2,21,26)(H,22,25)(H,23,27). The lowest BCUT2D eigenvalue weighted by molar-refractivity contribution is -0.124. The fourth-order valence-corrected chi connectivity index (χ4v) is 3.26. The summed E-state index contributed by atoms with van der Waals surface area (Å²) in [6.07, 6.45) is 2.11. The van der Waals surface area contributed by atoms with Gasteiger partial charge in [-0.2, -0.15) is 0 Å². The van der Waals surface area contributed by atoms with Crippen LogP contribution in [-0.2, 0) is 11.2 Å². The molecule has 1 aliphatic carbocycles. The predicted molar refractivity (Wildman–Crippen MR) is 101 cm³/mol. The average Bonchev–Trinajstić information content (AvgIpc) is 2.66. The number of benzene rings is 1. The first-order chi connectivity index (χ1) is 13.3. The van der Waals surface area contributed by atoms with Gasteiger partial charge in [0.2, 0.25) is 0 Å². The smallest absolute Gasteiger partial charge is 0.261 e. The molecule has 1 aromatic heterocycles. The summed E-state index contributed by atoms with van der Waals surface area (Å²) in [5.74, 6) is -0.827. The van der Waals surface area contributed by atoms with E-state index >= 15 is 0 Å². The van der Waals surface area contributed by atoms with Gasteiger partial charge in [0.1, 0.15) is 11.3 Å². The first kappa shape index (κ1) is 19.3. The van der Waals surface area contributed by atoms with E-state index in [4.69, 9.17) is 10.5 Å². The van der Waals surface area contributed by atoms with Crippen LogP contribution in [0.5, 0.6) is 5.75 Å². The molecule has 0 spiro atoms. The molecule has 146 valence electrons. The van der Waals surface area contributed by atoms with Crippen LogP contribution in [0.1, 0.15) is 57.8 Å². The van der Waals surface area contributed by atoms with Gasteiger partial charge in [0, 0.05) is 11.3 Å². The molecule has 0 bridgehead atoms. The molecule has 4 N–H and O–H groups in total. The number of hydrogen-bond donors (Lipinski definition) is 3. The zero-order valence-electron chi connectivity index (χ0n) is 15.4. The molecular weight excluding hydrogens is 362 g/mol. The predicted octanol–water partition coefficient (Wildman–Crippen LogP) is 1.25. The topological polar surface area (TPSA) is 131 Å². The summed E-state index contributed by atoms with van der Waals surface area (Å²) in [6, 6.07) is 7.71. The number of primary amides is 1. The van der Waals surface area contributed by atoms with E-state index < -0.39 is 11.5 Å². The first-order valence-corrected chi connectivity index (χ1v) is 8.94. The van der Waals surface area contributed by atoms with Crippen molar-refractivity contribution in [1.29, 1.82) is 0 Å². The van der Waals surface area contributed by atoms with Gasteiger partial charge < -0.3 is 20.8 Å². The van der Waals surface area contributed by atoms with E-state index in [-0.39, 0.29) is 29.9 Å². The summed E-state index contributed by atoms with van der Waals surface area (Å²) in [7, 11) is 0. The summed E-state index contributed by atoms with van der Waals surface area (Å²) in [5, 5.41) is 2.86. The monoisotopic (exact) mass is 383 g/mol. The van der Waals surface area contributed by atoms with Crippen molar-refractivity contribution in [2.45, 2.75) is 32.2 Å². The van der Waals surface area contributed by atoms with E-state index in [0.717, 1.165) is 6.42 Å². The zero-order valence-corrected chi connectivity index (χ0v) is 15.4. The van der Waals surface area contributed by atoms with Crippen LogP contribution in [0.3, 0.4) is 0 Å². The highest BCUT2D eigenvalue weighted by atomic mass is 16.5. The van der Waals surface area contributed by atoms with Crippen LogP contribution in [0.4, 0.5) is 0 Å². The molecule has 8 heteroatoms. The van der Waals surface area contributed by atoms with E-state index in [1.54, 1.807) is 24.3 Å². The molecule has 8 nitrogen and oxygen atoms in total. The number of fused-ring (bicyclic) bond motifs is 1. The number of aromatic nitrogens is 1. The fraction of sp³-hybridized carbons (Fsp3) is 0.300. The molecule has 2 amide bonds. The number of hydrogen-bond acceptors (Lipinski definition) is 5. The number of carbonyl (C=O) groups excluding carboxylic acids is 3. The van der Waals surface area contributed by atoms with Gasteiger partial charge in [-0.15, -0.1) is 0 Å². The normalized spacial score (nSPS) is 15.4. The van der Waals surface area contributed by atoms with Crippen LogP contribution in [0.15, 0.2) is 35.1 Å². The highest BCUT2D eigenvalue weighted by Gasteiger charge is 2.25. The Bertz CT molecular complexity index is 996. The van der Waals surface area contributed by atoms with Crippen LogP contribution < -0.4 is 21.3 Å². The molecular formula is C20H21N3O5. The molecule has 1 unspecified atom stereocenters. The Morgan fingerprint density at radius 1 is 1.29 bits per heavy atom. The minimum absolute atomic E-state index is 0.0899. The van der Waals surface area contributed by atoms with Crippen molar-refractivity contribution in [2.75, 3.05) is 6.61 Å². The number of amides is 2. The van der Waals surface area contributed by atoms with E-state index in [9.17, 15) is 19.2 Å². The lowest BCUT2D eigenvalue weighted by atomic mass is 9.90. The molecule has 3 rings (SSSR count). The molecule has 28 heavy (non-hydrogen) atoms. The summed E-state index contributed by atoms with van der Waals surface area (Å²) in [4.78, 5) is 49.8. The van der Waals surface area contributed by atoms with Gasteiger partial charge in [-0.1, -0.05) is 12.1 Å². The number of ketones is 1. The Morgan fingerprint density at radius 3 is 2.79 bits per heavy atom. The van der Waals surface area contributed by atoms with Crippen LogP contribution in [0, 0.1) is 0 Å². The molecule has 0 saturated heterocycles. The minimum Gasteiger partial charge on any atom is -0.484 e. The van der Waals surface area contributed by atoms with Gasteiger partial charge in [-0.3, -0.25) is 19.2 Å². The van der Waals surface area contributed by atoms with E-state index in [1.807, 2.05) is 0 Å². The van der Waals surface area contributed by atoms with Gasteiger partial charge in [0.05, 0.1) is 6.04 Å². The Hall–Kier alpha value is -3.42. The quantitative estimate of drug-likeness (QED) is 0.646. The molecule has 1 aromatic carbocycles. The lowest BCUT2D eigenvalue weighted by Gasteiger charge is -2.26. The maximum Gasteiger partial charge on any atom is 0.261 e. The second kappa shape index (κ2) is 8.08. The van der Waals surface area contributed by atoms with E-state index in [2.05, 4.69) is 10.3 Å². The molecule has 0 fully saturated rings. The molecule has 2 aromatic rings. The third-order valence-electron chi connectivity index (χ3n) is 4.66. The number of rotatable bonds is 6. The summed E-state index contributed by atoms with van der Waals surface area (Å²) in [6.45, 7) is 1.23. The second-order valence-electron chi connectivity index (χ2n) is 6.70. The summed E-state index contributed by atoms with van der Waals surface area (Å²) in [5.41, 5.74) is 6.49. The number of ether oxygens (including phenoxy) is 1. The number of nitrogens with two attached hydrogens (primary N) is 1. The number of Topliss-reactive ketones (excluding diaryl/α,β-unsaturated/α-hetero) is 1. The second-order valence-corrected chi connectivity index (χ2v) is 6.70. The Morgan fingerprint density at radius 2 is 2.07 bits per heavy atom. The molecule has 0 radical (unpaired) electrons. The van der Waals surface area contributed by atoms with Gasteiger partial charge in [0.25, 0.3) is 17.4 Å². The number of nitrogens with one attached hydrogen (secondary N) is 2. The van der Waals surface area contributed by atoms with Gasteiger partial charge in [-0.05, 0) is 49.9 Å². The maximum absolute atomic E-state index is 12.3. The van der Waals surface area contributed by atoms with Gasteiger partial charge >= 0.3 is 0 Å². The highest BCUT2D eigenvalue weighted by molar-refractivity contribution is 5.94. The van der Waals surface area contributed by atoms with Crippen LogP contribution in [0.2, 0.25) is 0 Å². The molecule has 1 atom stereocenters. The van der Waals surface area contributed by atoms with Crippen molar-refractivity contribution in [2.24, 2.45) is 5.73 Å². The van der Waals surface area contributed by atoms with Gasteiger partial charge in [-0.25, -0.2) is 0 Å². The van der Waals surface area contributed by atoms with Crippen LogP contribution in [0.25, 0.3) is 0 Å². The fourth-order valence-electron chi connectivity index (χ4n) is 3.26. The Labute approximate surface area is 161 Å². The van der Waals surface area contributed by atoms with Crippen LogP contribution in [-0.4, -0.2) is 29.2 Å². The summed E-state index contributed by atoms with van der Waals surface area (Å²) >= 11 is 0. The maximum atomic E-state index is 12.3. The number of carbonyl (C=O) groups is 3.